The number of para-hydroxylation sites is 1. The Labute approximate surface area is 119 Å². The second-order valence-electron chi connectivity index (χ2n) is 4.50. The van der Waals surface area contributed by atoms with Crippen LogP contribution in [0.1, 0.15) is 17.2 Å². The van der Waals surface area contributed by atoms with Crippen LogP contribution in [-0.2, 0) is 0 Å². The van der Waals surface area contributed by atoms with Crippen LogP contribution in [0.25, 0.3) is 0 Å². The van der Waals surface area contributed by atoms with Crippen LogP contribution in [0, 0.1) is 21.4 Å². The van der Waals surface area contributed by atoms with Gasteiger partial charge in [-0.15, -0.1) is 0 Å². The second-order valence-corrected chi connectivity index (χ2v) is 4.50. The standard InChI is InChI=1S/C14H10N4O3/c15-7-9-12(8-3-1-2-4-10(8)18(19)20)13-11(5-6-17-13)21-14(9)16/h1-6,12,17H,16H2. The highest BCUT2D eigenvalue weighted by Crippen LogP contribution is 2.43. The van der Waals surface area contributed by atoms with E-state index in [0.29, 0.717) is 17.0 Å². The Kier molecular flexibility index (Phi) is 2.84. The van der Waals surface area contributed by atoms with Crippen molar-refractivity contribution in [1.82, 2.24) is 4.98 Å². The van der Waals surface area contributed by atoms with Gasteiger partial charge in [0.1, 0.15) is 11.6 Å². The number of rotatable bonds is 2. The Morgan fingerprint density at radius 3 is 2.86 bits per heavy atom. The zero-order chi connectivity index (χ0) is 15.0. The lowest BCUT2D eigenvalue weighted by atomic mass is 9.86. The van der Waals surface area contributed by atoms with Gasteiger partial charge < -0.3 is 15.5 Å². The number of H-pyrrole nitrogens is 1. The minimum atomic E-state index is -0.643. The van der Waals surface area contributed by atoms with Gasteiger partial charge in [-0.2, -0.15) is 5.26 Å². The fourth-order valence-electron chi connectivity index (χ4n) is 2.47. The number of nitrogens with one attached hydrogen (secondary N) is 1. The maximum Gasteiger partial charge on any atom is 0.273 e. The van der Waals surface area contributed by atoms with Gasteiger partial charge in [0.25, 0.3) is 5.69 Å². The van der Waals surface area contributed by atoms with Gasteiger partial charge in [0.2, 0.25) is 5.88 Å². The molecule has 7 nitrogen and oxygen atoms in total. The SMILES string of the molecule is N#CC1=C(N)Oc2cc[nH]c2C1c1ccccc1[N+](=O)[O-]. The van der Waals surface area contributed by atoms with Gasteiger partial charge in [0.15, 0.2) is 5.75 Å². The fraction of sp³-hybridized carbons (Fsp3) is 0.0714. The Morgan fingerprint density at radius 1 is 1.38 bits per heavy atom. The van der Waals surface area contributed by atoms with E-state index in [1.165, 1.54) is 6.07 Å². The zero-order valence-corrected chi connectivity index (χ0v) is 10.7. The number of allylic oxidation sites excluding steroid dienone is 1. The number of fused-ring (bicyclic) bond motifs is 1. The average molecular weight is 282 g/mol. The van der Waals surface area contributed by atoms with Gasteiger partial charge in [-0.25, -0.2) is 0 Å². The third-order valence-electron chi connectivity index (χ3n) is 3.37. The van der Waals surface area contributed by atoms with Crippen molar-refractivity contribution in [2.75, 3.05) is 0 Å². The third kappa shape index (κ3) is 1.90. The largest absolute Gasteiger partial charge is 0.439 e. The van der Waals surface area contributed by atoms with Crippen LogP contribution in [0.3, 0.4) is 0 Å². The number of benzene rings is 1. The van der Waals surface area contributed by atoms with E-state index < -0.39 is 10.8 Å². The number of nitriles is 1. The first kappa shape index (κ1) is 12.7. The highest BCUT2D eigenvalue weighted by molar-refractivity contribution is 5.58. The smallest absolute Gasteiger partial charge is 0.273 e. The van der Waals surface area contributed by atoms with Crippen molar-refractivity contribution in [3.05, 3.63) is 69.4 Å². The summed E-state index contributed by atoms with van der Waals surface area (Å²) >= 11 is 0. The van der Waals surface area contributed by atoms with Crippen LogP contribution in [0.15, 0.2) is 48.0 Å². The number of aromatic nitrogens is 1. The summed E-state index contributed by atoms with van der Waals surface area (Å²) in [5.41, 5.74) is 6.83. The molecular formula is C14H10N4O3. The molecule has 0 saturated heterocycles. The minimum absolute atomic E-state index is 0.0345. The molecule has 2 heterocycles. The Balaban J connectivity index is 2.27. The molecular weight excluding hydrogens is 272 g/mol. The van der Waals surface area contributed by atoms with E-state index >= 15 is 0 Å². The van der Waals surface area contributed by atoms with Gasteiger partial charge in [0.05, 0.1) is 16.5 Å². The normalized spacial score (nSPS) is 16.8. The summed E-state index contributed by atoms with van der Waals surface area (Å²) in [6.07, 6.45) is 1.64. The molecule has 0 spiro atoms. The van der Waals surface area contributed by atoms with Gasteiger partial charge >= 0.3 is 0 Å². The summed E-state index contributed by atoms with van der Waals surface area (Å²) in [5.74, 6) is -0.210. The van der Waals surface area contributed by atoms with Crippen LogP contribution < -0.4 is 10.5 Å². The topological polar surface area (TPSA) is 118 Å². The molecule has 1 aliphatic heterocycles. The predicted molar refractivity (Wildman–Crippen MR) is 73.2 cm³/mol. The van der Waals surface area contributed by atoms with Crippen molar-refractivity contribution in [3.63, 3.8) is 0 Å². The molecule has 0 aliphatic carbocycles. The molecule has 3 N–H and O–H groups in total. The van der Waals surface area contributed by atoms with Crippen molar-refractivity contribution in [2.24, 2.45) is 5.73 Å². The van der Waals surface area contributed by atoms with E-state index in [1.54, 1.807) is 30.5 Å². The maximum absolute atomic E-state index is 11.2. The fourth-order valence-corrected chi connectivity index (χ4v) is 2.47. The van der Waals surface area contributed by atoms with Crippen LogP contribution >= 0.6 is 0 Å². The van der Waals surface area contributed by atoms with E-state index in [-0.39, 0.29) is 17.1 Å². The van der Waals surface area contributed by atoms with Crippen molar-refractivity contribution in [1.29, 1.82) is 5.26 Å². The summed E-state index contributed by atoms with van der Waals surface area (Å²) < 4.78 is 5.36. The Bertz CT molecular complexity index is 801. The Morgan fingerprint density at radius 2 is 2.14 bits per heavy atom. The lowest BCUT2D eigenvalue weighted by Gasteiger charge is -2.23. The van der Waals surface area contributed by atoms with Crippen molar-refractivity contribution in [3.8, 4) is 11.8 Å². The summed E-state index contributed by atoms with van der Waals surface area (Å²) in [6.45, 7) is 0. The number of nitrogens with two attached hydrogens (primary N) is 1. The molecule has 21 heavy (non-hydrogen) atoms. The summed E-state index contributed by atoms with van der Waals surface area (Å²) in [4.78, 5) is 13.7. The van der Waals surface area contributed by atoms with Gasteiger partial charge in [-0.3, -0.25) is 10.1 Å². The number of aromatic amines is 1. The predicted octanol–water partition coefficient (Wildman–Crippen LogP) is 2.14. The molecule has 0 radical (unpaired) electrons. The van der Waals surface area contributed by atoms with Crippen molar-refractivity contribution >= 4 is 5.69 Å². The van der Waals surface area contributed by atoms with Crippen LogP contribution in [0.2, 0.25) is 0 Å². The first-order valence-electron chi connectivity index (χ1n) is 6.11. The Hall–Kier alpha value is -3.27. The molecule has 1 atom stereocenters. The number of nitrogens with zero attached hydrogens (tertiary/aromatic N) is 2. The lowest BCUT2D eigenvalue weighted by Crippen LogP contribution is -2.21. The van der Waals surface area contributed by atoms with Crippen LogP contribution in [0.5, 0.6) is 5.75 Å². The van der Waals surface area contributed by atoms with E-state index in [1.807, 2.05) is 6.07 Å². The van der Waals surface area contributed by atoms with Gasteiger partial charge in [-0.05, 0) is 6.07 Å². The molecule has 1 aromatic carbocycles. The number of nitro groups is 1. The molecule has 3 rings (SSSR count). The van der Waals surface area contributed by atoms with Crippen LogP contribution in [-0.4, -0.2) is 9.91 Å². The van der Waals surface area contributed by atoms with E-state index in [2.05, 4.69) is 4.98 Å². The van der Waals surface area contributed by atoms with Crippen LogP contribution in [0.4, 0.5) is 5.69 Å². The highest BCUT2D eigenvalue weighted by atomic mass is 16.6. The highest BCUT2D eigenvalue weighted by Gasteiger charge is 2.35. The summed E-state index contributed by atoms with van der Waals surface area (Å²) in [7, 11) is 0. The molecule has 2 aromatic rings. The van der Waals surface area contributed by atoms with E-state index in [9.17, 15) is 15.4 Å². The lowest BCUT2D eigenvalue weighted by molar-refractivity contribution is -0.385. The molecule has 104 valence electrons. The molecule has 1 unspecified atom stereocenters. The molecule has 0 saturated carbocycles. The third-order valence-corrected chi connectivity index (χ3v) is 3.37. The summed E-state index contributed by atoms with van der Waals surface area (Å²) in [5, 5.41) is 20.6. The maximum atomic E-state index is 11.2. The van der Waals surface area contributed by atoms with E-state index in [4.69, 9.17) is 10.5 Å². The molecule has 1 aliphatic rings. The van der Waals surface area contributed by atoms with Crippen molar-refractivity contribution in [2.45, 2.75) is 5.92 Å². The zero-order valence-electron chi connectivity index (χ0n) is 10.7. The molecule has 7 heteroatoms. The van der Waals surface area contributed by atoms with E-state index in [0.717, 1.165) is 0 Å². The number of nitro benzene ring substituents is 1. The quantitative estimate of drug-likeness (QED) is 0.646. The number of ether oxygens (including phenoxy) is 1. The second kappa shape index (κ2) is 4.68. The minimum Gasteiger partial charge on any atom is -0.439 e. The first-order chi connectivity index (χ1) is 10.1. The molecule has 0 amide bonds. The van der Waals surface area contributed by atoms with Crippen molar-refractivity contribution < 1.29 is 9.66 Å². The average Bonchev–Trinajstić information content (AvgIpc) is 2.93. The summed E-state index contributed by atoms with van der Waals surface area (Å²) in [6, 6.07) is 9.93. The van der Waals surface area contributed by atoms with Gasteiger partial charge in [-0.1, -0.05) is 18.2 Å². The van der Waals surface area contributed by atoms with Gasteiger partial charge in [0, 0.05) is 17.8 Å². The number of hydrogen-bond donors (Lipinski definition) is 2. The molecule has 0 fully saturated rings. The monoisotopic (exact) mass is 282 g/mol. The number of hydrogen-bond acceptors (Lipinski definition) is 5. The molecule has 1 aromatic heterocycles. The molecule has 0 bridgehead atoms. The first-order valence-corrected chi connectivity index (χ1v) is 6.11.